The van der Waals surface area contributed by atoms with Crippen LogP contribution in [0.4, 0.5) is 0 Å². The topological polar surface area (TPSA) is 75.2 Å². The van der Waals surface area contributed by atoms with Crippen molar-refractivity contribution in [1.82, 2.24) is 20.2 Å². The molecular weight excluding hydrogens is 268 g/mol. The molecule has 2 atom stereocenters. The molecule has 1 aromatic rings. The van der Waals surface area contributed by atoms with Crippen LogP contribution in [-0.4, -0.2) is 38.8 Å². The van der Waals surface area contributed by atoms with Gasteiger partial charge in [-0.05, 0) is 19.8 Å². The molecule has 0 aromatic carbocycles. The molecule has 0 radical (unpaired) electrons. The van der Waals surface area contributed by atoms with Crippen molar-refractivity contribution >= 4 is 11.8 Å². The number of hydrogen-bond acceptors (Lipinski definition) is 4. The van der Waals surface area contributed by atoms with E-state index in [1.165, 1.54) is 0 Å². The Labute approximate surface area is 125 Å². The maximum Gasteiger partial charge on any atom is 0.246 e. The third-order valence-corrected chi connectivity index (χ3v) is 3.71. The largest absolute Gasteiger partial charge is 0.343 e. The van der Waals surface area contributed by atoms with Gasteiger partial charge in [0.05, 0.1) is 24.1 Å². The molecule has 2 rings (SSSR count). The summed E-state index contributed by atoms with van der Waals surface area (Å²) in [4.78, 5) is 34.8. The van der Waals surface area contributed by atoms with E-state index in [4.69, 9.17) is 0 Å². The van der Waals surface area contributed by atoms with Gasteiger partial charge in [-0.1, -0.05) is 20.3 Å². The summed E-state index contributed by atoms with van der Waals surface area (Å²) in [6.07, 6.45) is 5.45. The van der Waals surface area contributed by atoms with Gasteiger partial charge >= 0.3 is 0 Å². The van der Waals surface area contributed by atoms with Gasteiger partial charge in [-0.25, -0.2) is 0 Å². The zero-order valence-corrected chi connectivity index (χ0v) is 12.8. The highest BCUT2D eigenvalue weighted by Gasteiger charge is 2.39. The van der Waals surface area contributed by atoms with E-state index in [1.54, 1.807) is 17.3 Å². The number of nitrogens with one attached hydrogen (secondary N) is 1. The maximum absolute atomic E-state index is 12.6. The van der Waals surface area contributed by atoms with Crippen LogP contribution in [0.15, 0.2) is 12.4 Å². The molecule has 2 unspecified atom stereocenters. The quantitative estimate of drug-likeness (QED) is 0.884. The summed E-state index contributed by atoms with van der Waals surface area (Å²) in [6.45, 7) is 6.10. The number of carbonyl (C=O) groups excluding carboxylic acids is 2. The Morgan fingerprint density at radius 2 is 2.00 bits per heavy atom. The highest BCUT2D eigenvalue weighted by atomic mass is 16.2. The van der Waals surface area contributed by atoms with Crippen LogP contribution in [-0.2, 0) is 16.1 Å². The van der Waals surface area contributed by atoms with E-state index in [9.17, 15) is 9.59 Å². The number of aromatic nitrogens is 2. The average Bonchev–Trinajstić information content (AvgIpc) is 2.47. The van der Waals surface area contributed by atoms with Crippen molar-refractivity contribution in [3.8, 4) is 0 Å². The number of amides is 2. The molecule has 0 saturated carbocycles. The summed E-state index contributed by atoms with van der Waals surface area (Å²) in [5.74, 6) is -0.0960. The molecule has 6 nitrogen and oxygen atoms in total. The van der Waals surface area contributed by atoms with E-state index in [0.717, 1.165) is 12.1 Å². The van der Waals surface area contributed by atoms with Crippen LogP contribution in [0.3, 0.4) is 0 Å². The fraction of sp³-hybridized carbons (Fsp3) is 0.600. The lowest BCUT2D eigenvalue weighted by atomic mass is 10.0. The first-order valence-electron chi connectivity index (χ1n) is 7.45. The molecule has 2 heterocycles. The summed E-state index contributed by atoms with van der Waals surface area (Å²) in [6, 6.07) is -0.836. The first-order chi connectivity index (χ1) is 10.1. The Bertz CT molecular complexity index is 515. The summed E-state index contributed by atoms with van der Waals surface area (Å²) < 4.78 is 0. The van der Waals surface area contributed by atoms with Gasteiger partial charge in [-0.2, -0.15) is 0 Å². The van der Waals surface area contributed by atoms with Gasteiger partial charge in [0.15, 0.2) is 0 Å². The minimum absolute atomic E-state index is 0.0225. The van der Waals surface area contributed by atoms with Crippen molar-refractivity contribution in [2.45, 2.75) is 58.7 Å². The predicted molar refractivity (Wildman–Crippen MR) is 78.2 cm³/mol. The second kappa shape index (κ2) is 6.65. The zero-order chi connectivity index (χ0) is 15.4. The first-order valence-corrected chi connectivity index (χ1v) is 7.45. The number of aryl methyl sites for hydroxylation is 1. The molecule has 0 bridgehead atoms. The van der Waals surface area contributed by atoms with E-state index in [-0.39, 0.29) is 11.8 Å². The van der Waals surface area contributed by atoms with Crippen LogP contribution in [0.1, 0.15) is 44.5 Å². The molecule has 21 heavy (non-hydrogen) atoms. The Hall–Kier alpha value is -1.98. The SMILES string of the molecule is CCCC1NC(=O)C(CC)N(Cc2cnc(C)cn2)C1=O. The summed E-state index contributed by atoms with van der Waals surface area (Å²) in [5.41, 5.74) is 1.54. The standard InChI is InChI=1S/C15H22N4O2/c1-4-6-12-15(21)19(13(5-2)14(20)18-12)9-11-8-16-10(3)7-17-11/h7-8,12-13H,4-6,9H2,1-3H3,(H,18,20). The van der Waals surface area contributed by atoms with E-state index < -0.39 is 12.1 Å². The molecule has 1 aromatic heterocycles. The Morgan fingerprint density at radius 1 is 1.24 bits per heavy atom. The normalized spacial score (nSPS) is 22.3. The molecule has 0 spiro atoms. The van der Waals surface area contributed by atoms with Crippen LogP contribution >= 0.6 is 0 Å². The van der Waals surface area contributed by atoms with Gasteiger partial charge in [-0.3, -0.25) is 19.6 Å². The third-order valence-electron chi connectivity index (χ3n) is 3.71. The number of rotatable bonds is 5. The first kappa shape index (κ1) is 15.4. The highest BCUT2D eigenvalue weighted by molar-refractivity contribution is 5.96. The lowest BCUT2D eigenvalue weighted by molar-refractivity contribution is -0.150. The summed E-state index contributed by atoms with van der Waals surface area (Å²) in [5, 5.41) is 2.83. The zero-order valence-electron chi connectivity index (χ0n) is 12.8. The van der Waals surface area contributed by atoms with Crippen molar-refractivity contribution in [3.63, 3.8) is 0 Å². The second-order valence-corrected chi connectivity index (χ2v) is 5.39. The lowest BCUT2D eigenvalue weighted by Gasteiger charge is -2.38. The summed E-state index contributed by atoms with van der Waals surface area (Å²) >= 11 is 0. The van der Waals surface area contributed by atoms with Crippen molar-refractivity contribution < 1.29 is 9.59 Å². The Balaban J connectivity index is 2.20. The highest BCUT2D eigenvalue weighted by Crippen LogP contribution is 2.18. The molecule has 1 aliphatic rings. The van der Waals surface area contributed by atoms with Gasteiger partial charge in [-0.15, -0.1) is 0 Å². The Morgan fingerprint density at radius 3 is 2.57 bits per heavy atom. The molecular formula is C15H22N4O2. The van der Waals surface area contributed by atoms with Gasteiger partial charge in [0, 0.05) is 6.20 Å². The van der Waals surface area contributed by atoms with E-state index in [1.807, 2.05) is 20.8 Å². The summed E-state index contributed by atoms with van der Waals surface area (Å²) in [7, 11) is 0. The van der Waals surface area contributed by atoms with Crippen LogP contribution in [0.25, 0.3) is 0 Å². The smallest absolute Gasteiger partial charge is 0.246 e. The van der Waals surface area contributed by atoms with Gasteiger partial charge < -0.3 is 10.2 Å². The molecule has 6 heteroatoms. The number of carbonyl (C=O) groups is 2. The average molecular weight is 290 g/mol. The van der Waals surface area contributed by atoms with Crippen LogP contribution in [0, 0.1) is 6.92 Å². The van der Waals surface area contributed by atoms with Crippen molar-refractivity contribution in [3.05, 3.63) is 23.8 Å². The number of hydrogen-bond donors (Lipinski definition) is 1. The molecule has 2 amide bonds. The minimum Gasteiger partial charge on any atom is -0.343 e. The van der Waals surface area contributed by atoms with Gasteiger partial charge in [0.1, 0.15) is 12.1 Å². The fourth-order valence-electron chi connectivity index (χ4n) is 2.58. The lowest BCUT2D eigenvalue weighted by Crippen LogP contribution is -2.62. The van der Waals surface area contributed by atoms with Crippen molar-refractivity contribution in [2.24, 2.45) is 0 Å². The minimum atomic E-state index is -0.422. The number of nitrogens with zero attached hydrogens (tertiary/aromatic N) is 3. The van der Waals surface area contributed by atoms with E-state index in [0.29, 0.717) is 25.1 Å². The Kier molecular flexibility index (Phi) is 4.88. The molecule has 1 fully saturated rings. The van der Waals surface area contributed by atoms with Crippen LogP contribution in [0.5, 0.6) is 0 Å². The third kappa shape index (κ3) is 3.37. The number of piperazine rings is 1. The molecule has 0 aliphatic carbocycles. The van der Waals surface area contributed by atoms with Crippen molar-refractivity contribution in [1.29, 1.82) is 0 Å². The monoisotopic (exact) mass is 290 g/mol. The fourth-order valence-corrected chi connectivity index (χ4v) is 2.58. The van der Waals surface area contributed by atoms with Crippen LogP contribution < -0.4 is 5.32 Å². The van der Waals surface area contributed by atoms with Crippen LogP contribution in [0.2, 0.25) is 0 Å². The van der Waals surface area contributed by atoms with Gasteiger partial charge in [0.25, 0.3) is 0 Å². The van der Waals surface area contributed by atoms with Crippen molar-refractivity contribution in [2.75, 3.05) is 0 Å². The van der Waals surface area contributed by atoms with E-state index >= 15 is 0 Å². The van der Waals surface area contributed by atoms with E-state index in [2.05, 4.69) is 15.3 Å². The van der Waals surface area contributed by atoms with Gasteiger partial charge in [0.2, 0.25) is 11.8 Å². The predicted octanol–water partition coefficient (Wildman–Crippen LogP) is 1.19. The molecule has 1 aliphatic heterocycles. The molecule has 1 N–H and O–H groups in total. The second-order valence-electron chi connectivity index (χ2n) is 5.39. The molecule has 1 saturated heterocycles. The molecule has 114 valence electrons. The maximum atomic E-state index is 12.6.